The maximum atomic E-state index is 10.3. The monoisotopic (exact) mass is 204 g/mol. The molecule has 0 unspecified atom stereocenters. The third-order valence-corrected chi connectivity index (χ3v) is 2.44. The van der Waals surface area contributed by atoms with E-state index in [-0.39, 0.29) is 6.42 Å². The molecule has 0 amide bonds. The number of nitrogens with zero attached hydrogens (tertiary/aromatic N) is 2. The topological polar surface area (TPSA) is 62.0 Å². The van der Waals surface area contributed by atoms with Crippen molar-refractivity contribution in [2.75, 3.05) is 0 Å². The van der Waals surface area contributed by atoms with Crippen molar-refractivity contribution in [1.29, 1.82) is 0 Å². The van der Waals surface area contributed by atoms with Crippen LogP contribution in [0.1, 0.15) is 25.7 Å². The molecule has 2 rings (SSSR count). The van der Waals surface area contributed by atoms with Gasteiger partial charge in [-0.05, 0) is 25.3 Å². The fraction of sp³-hybridized carbons (Fsp3) is 0.364. The van der Waals surface area contributed by atoms with E-state index in [1.54, 1.807) is 0 Å². The molecular weight excluding hydrogens is 192 g/mol. The van der Waals surface area contributed by atoms with E-state index in [0.717, 1.165) is 29.8 Å². The number of rotatable bonds is 5. The Balaban J connectivity index is 1.83. The molecule has 1 N–H and O–H groups in total. The first kappa shape index (κ1) is 9.83. The van der Waals surface area contributed by atoms with Gasteiger partial charge in [-0.25, -0.2) is 0 Å². The summed E-state index contributed by atoms with van der Waals surface area (Å²) in [5, 5.41) is 16.6. The largest absolute Gasteiger partial charge is 0.481 e. The molecule has 78 valence electrons. The molecule has 0 bridgehead atoms. The smallest absolute Gasteiger partial charge is 0.303 e. The van der Waals surface area contributed by atoms with E-state index < -0.39 is 5.97 Å². The van der Waals surface area contributed by atoms with Crippen LogP contribution in [0.2, 0.25) is 0 Å². The summed E-state index contributed by atoms with van der Waals surface area (Å²) < 4.78 is 0. The molecule has 4 heteroatoms. The maximum Gasteiger partial charge on any atom is 0.303 e. The van der Waals surface area contributed by atoms with Gasteiger partial charge in [0.2, 0.25) is 0 Å². The summed E-state index contributed by atoms with van der Waals surface area (Å²) in [6, 6.07) is 0. The Labute approximate surface area is 87.7 Å². The predicted molar refractivity (Wildman–Crippen MR) is 55.2 cm³/mol. The highest BCUT2D eigenvalue weighted by molar-refractivity contribution is 5.66. The van der Waals surface area contributed by atoms with Gasteiger partial charge in [0.15, 0.2) is 0 Å². The predicted octanol–water partition coefficient (Wildman–Crippen LogP) is 2.81. The molecule has 0 aromatic rings. The molecule has 0 atom stereocenters. The number of fused-ring (bicyclic) bond motifs is 1. The van der Waals surface area contributed by atoms with Crippen molar-refractivity contribution >= 4 is 5.97 Å². The third kappa shape index (κ3) is 2.21. The van der Waals surface area contributed by atoms with Crippen LogP contribution in [0, 0.1) is 0 Å². The molecule has 1 heterocycles. The Morgan fingerprint density at radius 3 is 3.00 bits per heavy atom. The maximum absolute atomic E-state index is 10.3. The van der Waals surface area contributed by atoms with Crippen molar-refractivity contribution < 1.29 is 9.90 Å². The second-order valence-corrected chi connectivity index (χ2v) is 3.57. The number of azo groups is 1. The Morgan fingerprint density at radius 1 is 1.33 bits per heavy atom. The van der Waals surface area contributed by atoms with Crippen molar-refractivity contribution in [3.63, 3.8) is 0 Å². The summed E-state index contributed by atoms with van der Waals surface area (Å²) in [6.45, 7) is 0. The summed E-state index contributed by atoms with van der Waals surface area (Å²) in [4.78, 5) is 10.3. The zero-order valence-corrected chi connectivity index (χ0v) is 8.31. The number of carboxylic acid groups (broad SMARTS) is 1. The fourth-order valence-electron chi connectivity index (χ4n) is 1.66. The minimum Gasteiger partial charge on any atom is -0.481 e. The standard InChI is InChI=1S/C11H12N2O2/c14-11(15)7-2-1-5-9-8-4-3-6-10(8)13-12-9/h3-4,6H,1-2,5,7H2,(H,14,15). The van der Waals surface area contributed by atoms with Crippen LogP contribution >= 0.6 is 0 Å². The molecule has 0 saturated carbocycles. The van der Waals surface area contributed by atoms with Gasteiger partial charge in [-0.2, -0.15) is 10.2 Å². The van der Waals surface area contributed by atoms with E-state index in [9.17, 15) is 4.79 Å². The number of aliphatic carboxylic acids is 1. The molecule has 1 aliphatic heterocycles. The lowest BCUT2D eigenvalue weighted by Crippen LogP contribution is -1.93. The number of unbranched alkanes of at least 4 members (excludes halogenated alkanes) is 1. The van der Waals surface area contributed by atoms with Crippen LogP contribution < -0.4 is 0 Å². The lowest BCUT2D eigenvalue weighted by molar-refractivity contribution is -0.137. The van der Waals surface area contributed by atoms with Gasteiger partial charge in [-0.3, -0.25) is 4.79 Å². The SMILES string of the molecule is O=C(O)CCCCC1=C2C=CC=C2N=N1. The Bertz CT molecular complexity index is 403. The van der Waals surface area contributed by atoms with Crippen LogP contribution in [-0.2, 0) is 4.79 Å². The lowest BCUT2D eigenvalue weighted by Gasteiger charge is -1.98. The molecule has 2 aliphatic rings. The normalized spacial score (nSPS) is 17.2. The first-order valence-corrected chi connectivity index (χ1v) is 5.03. The summed E-state index contributed by atoms with van der Waals surface area (Å²) >= 11 is 0. The zero-order chi connectivity index (χ0) is 10.7. The Hall–Kier alpha value is -1.71. The molecule has 1 aliphatic carbocycles. The summed E-state index contributed by atoms with van der Waals surface area (Å²) in [6.07, 6.45) is 8.49. The van der Waals surface area contributed by atoms with Crippen molar-refractivity contribution in [2.45, 2.75) is 25.7 Å². The van der Waals surface area contributed by atoms with Crippen LogP contribution in [-0.4, -0.2) is 11.1 Å². The van der Waals surface area contributed by atoms with Crippen molar-refractivity contribution in [1.82, 2.24) is 0 Å². The summed E-state index contributed by atoms with van der Waals surface area (Å²) in [7, 11) is 0. The molecule has 0 aromatic carbocycles. The van der Waals surface area contributed by atoms with Crippen molar-refractivity contribution in [2.24, 2.45) is 10.2 Å². The van der Waals surface area contributed by atoms with Gasteiger partial charge in [0, 0.05) is 12.0 Å². The van der Waals surface area contributed by atoms with Crippen molar-refractivity contribution in [3.05, 3.63) is 35.2 Å². The molecule has 0 aromatic heterocycles. The lowest BCUT2D eigenvalue weighted by atomic mass is 10.1. The van der Waals surface area contributed by atoms with Crippen LogP contribution in [0.5, 0.6) is 0 Å². The van der Waals surface area contributed by atoms with Crippen LogP contribution in [0.4, 0.5) is 0 Å². The third-order valence-electron chi connectivity index (χ3n) is 2.44. The fourth-order valence-corrected chi connectivity index (χ4v) is 1.66. The zero-order valence-electron chi connectivity index (χ0n) is 8.31. The second kappa shape index (κ2) is 4.21. The van der Waals surface area contributed by atoms with E-state index in [1.165, 1.54) is 0 Å². The number of carboxylic acids is 1. The van der Waals surface area contributed by atoms with Gasteiger partial charge in [-0.15, -0.1) is 0 Å². The molecule has 0 radical (unpaired) electrons. The molecule has 4 nitrogen and oxygen atoms in total. The van der Waals surface area contributed by atoms with Gasteiger partial charge in [-0.1, -0.05) is 12.2 Å². The van der Waals surface area contributed by atoms with Crippen LogP contribution in [0.15, 0.2) is 45.4 Å². The average Bonchev–Trinajstić information content (AvgIpc) is 2.74. The van der Waals surface area contributed by atoms with Gasteiger partial charge < -0.3 is 5.11 Å². The van der Waals surface area contributed by atoms with Gasteiger partial charge >= 0.3 is 5.97 Å². The minimum absolute atomic E-state index is 0.234. The molecule has 15 heavy (non-hydrogen) atoms. The summed E-state index contributed by atoms with van der Waals surface area (Å²) in [5.41, 5.74) is 3.02. The average molecular weight is 204 g/mol. The second-order valence-electron chi connectivity index (χ2n) is 3.57. The highest BCUT2D eigenvalue weighted by Crippen LogP contribution is 2.32. The highest BCUT2D eigenvalue weighted by Gasteiger charge is 2.17. The van der Waals surface area contributed by atoms with Gasteiger partial charge in [0.25, 0.3) is 0 Å². The van der Waals surface area contributed by atoms with E-state index >= 15 is 0 Å². The quantitative estimate of drug-likeness (QED) is 0.700. The molecule has 0 saturated heterocycles. The molecule has 0 fully saturated rings. The molecular formula is C11H12N2O2. The number of hydrogen-bond donors (Lipinski definition) is 1. The minimum atomic E-state index is -0.734. The van der Waals surface area contributed by atoms with Gasteiger partial charge in [0.1, 0.15) is 0 Å². The Kier molecular flexibility index (Phi) is 2.76. The van der Waals surface area contributed by atoms with Crippen LogP contribution in [0.3, 0.4) is 0 Å². The number of allylic oxidation sites excluding steroid dienone is 4. The summed E-state index contributed by atoms with van der Waals surface area (Å²) in [5.74, 6) is -0.734. The van der Waals surface area contributed by atoms with Crippen molar-refractivity contribution in [3.8, 4) is 0 Å². The van der Waals surface area contributed by atoms with E-state index in [1.807, 2.05) is 18.2 Å². The van der Waals surface area contributed by atoms with E-state index in [4.69, 9.17) is 5.11 Å². The number of carbonyl (C=O) groups is 1. The number of hydrogen-bond acceptors (Lipinski definition) is 3. The van der Waals surface area contributed by atoms with E-state index in [0.29, 0.717) is 6.42 Å². The first-order valence-electron chi connectivity index (χ1n) is 5.03. The Morgan fingerprint density at radius 2 is 2.20 bits per heavy atom. The first-order chi connectivity index (χ1) is 7.27. The van der Waals surface area contributed by atoms with Gasteiger partial charge in [0.05, 0.1) is 11.4 Å². The van der Waals surface area contributed by atoms with E-state index in [2.05, 4.69) is 10.2 Å². The highest BCUT2D eigenvalue weighted by atomic mass is 16.4. The molecule has 0 spiro atoms. The van der Waals surface area contributed by atoms with Crippen LogP contribution in [0.25, 0.3) is 0 Å².